The van der Waals surface area contributed by atoms with Gasteiger partial charge in [-0.05, 0) is 18.4 Å². The predicted octanol–water partition coefficient (Wildman–Crippen LogP) is 2.98. The second-order valence-corrected chi connectivity index (χ2v) is 6.04. The quantitative estimate of drug-likeness (QED) is 0.380. The summed E-state index contributed by atoms with van der Waals surface area (Å²) < 4.78 is 15.4. The zero-order valence-electron chi connectivity index (χ0n) is 15.5. The molecule has 26 heavy (non-hydrogen) atoms. The molecule has 1 aromatic carbocycles. The van der Waals surface area contributed by atoms with Crippen LogP contribution in [0.4, 0.5) is 0 Å². The number of hydrogen-bond acceptors (Lipinski definition) is 6. The van der Waals surface area contributed by atoms with Crippen molar-refractivity contribution in [3.8, 4) is 0 Å². The van der Waals surface area contributed by atoms with Crippen LogP contribution in [0.2, 0.25) is 0 Å². The van der Waals surface area contributed by atoms with Crippen LogP contribution in [0.15, 0.2) is 30.3 Å². The number of benzene rings is 1. The average Bonchev–Trinajstić information content (AvgIpc) is 2.66. The van der Waals surface area contributed by atoms with Crippen molar-refractivity contribution < 1.29 is 23.8 Å². The van der Waals surface area contributed by atoms with Crippen molar-refractivity contribution in [3.63, 3.8) is 0 Å². The summed E-state index contributed by atoms with van der Waals surface area (Å²) in [4.78, 5) is 23.1. The molecule has 0 saturated heterocycles. The highest BCUT2D eigenvalue weighted by atomic mass is 16.6. The summed E-state index contributed by atoms with van der Waals surface area (Å²) >= 11 is 0. The largest absolute Gasteiger partial charge is 0.463 e. The first kappa shape index (κ1) is 22.1. The Morgan fingerprint density at radius 3 is 2.04 bits per heavy atom. The highest BCUT2D eigenvalue weighted by Gasteiger charge is 2.05. The van der Waals surface area contributed by atoms with Gasteiger partial charge in [0.1, 0.15) is 13.2 Å². The maximum atomic E-state index is 11.7. The van der Waals surface area contributed by atoms with Gasteiger partial charge in [0.2, 0.25) is 0 Å². The number of carbonyl (C=O) groups excluding carboxylic acids is 2. The zero-order chi connectivity index (χ0) is 18.9. The van der Waals surface area contributed by atoms with Crippen LogP contribution in [-0.2, 0) is 30.4 Å². The Morgan fingerprint density at radius 1 is 0.769 bits per heavy atom. The summed E-state index contributed by atoms with van der Waals surface area (Å²) in [6.07, 6.45) is 5.41. The van der Waals surface area contributed by atoms with Gasteiger partial charge in [0.15, 0.2) is 0 Å². The van der Waals surface area contributed by atoms with Crippen LogP contribution in [0, 0.1) is 0 Å². The van der Waals surface area contributed by atoms with Gasteiger partial charge in [-0.3, -0.25) is 9.59 Å². The Kier molecular flexibility index (Phi) is 13.1. The highest BCUT2D eigenvalue weighted by Crippen LogP contribution is 2.09. The number of nitrogens with two attached hydrogens (primary N) is 1. The van der Waals surface area contributed by atoms with Gasteiger partial charge in [-0.1, -0.05) is 49.6 Å². The molecule has 2 N–H and O–H groups in total. The van der Waals surface area contributed by atoms with E-state index in [0.717, 1.165) is 37.7 Å². The monoisotopic (exact) mass is 365 g/mol. The average molecular weight is 365 g/mol. The first-order valence-electron chi connectivity index (χ1n) is 9.35. The second-order valence-electron chi connectivity index (χ2n) is 6.04. The Bertz CT molecular complexity index is 492. The lowest BCUT2D eigenvalue weighted by molar-refractivity contribution is -0.146. The van der Waals surface area contributed by atoms with E-state index in [9.17, 15) is 9.59 Å². The normalized spacial score (nSPS) is 10.5. The molecule has 0 unspecified atom stereocenters. The van der Waals surface area contributed by atoms with E-state index >= 15 is 0 Å². The Morgan fingerprint density at radius 2 is 1.38 bits per heavy atom. The molecule has 0 spiro atoms. The molecule has 0 bridgehead atoms. The standard InChI is InChI=1S/C20H31NO5/c21-13-14-24-15-16-25-19(22)11-7-2-1-3-8-12-20(23)26-17-18-9-5-4-6-10-18/h4-6,9-10H,1-3,7-8,11-17,21H2. The van der Waals surface area contributed by atoms with Gasteiger partial charge >= 0.3 is 11.9 Å². The second kappa shape index (κ2) is 15.3. The predicted molar refractivity (Wildman–Crippen MR) is 99.4 cm³/mol. The van der Waals surface area contributed by atoms with E-state index < -0.39 is 0 Å². The van der Waals surface area contributed by atoms with Crippen LogP contribution in [0.3, 0.4) is 0 Å². The van der Waals surface area contributed by atoms with E-state index in [1.165, 1.54) is 0 Å². The number of hydrogen-bond donors (Lipinski definition) is 1. The molecule has 6 heteroatoms. The molecule has 146 valence electrons. The summed E-state index contributed by atoms with van der Waals surface area (Å²) in [5, 5.41) is 0. The van der Waals surface area contributed by atoms with Crippen LogP contribution < -0.4 is 5.73 Å². The van der Waals surface area contributed by atoms with Crippen LogP contribution in [0.5, 0.6) is 0 Å². The Balaban J connectivity index is 1.88. The SMILES string of the molecule is NCCOCCOC(=O)CCCCCCCC(=O)OCc1ccccc1. The molecule has 6 nitrogen and oxygen atoms in total. The molecule has 0 saturated carbocycles. The number of rotatable bonds is 15. The third-order valence-electron chi connectivity index (χ3n) is 3.76. The molecular formula is C20H31NO5. The number of esters is 2. The highest BCUT2D eigenvalue weighted by molar-refractivity contribution is 5.69. The fourth-order valence-electron chi connectivity index (χ4n) is 2.35. The fourth-order valence-corrected chi connectivity index (χ4v) is 2.35. The molecule has 0 atom stereocenters. The third-order valence-corrected chi connectivity index (χ3v) is 3.76. The third kappa shape index (κ3) is 12.4. The van der Waals surface area contributed by atoms with Gasteiger partial charge in [-0.2, -0.15) is 0 Å². The van der Waals surface area contributed by atoms with Crippen molar-refractivity contribution in [2.24, 2.45) is 5.73 Å². The van der Waals surface area contributed by atoms with Gasteiger partial charge < -0.3 is 19.9 Å². The Labute approximate surface area is 156 Å². The van der Waals surface area contributed by atoms with Crippen molar-refractivity contribution in [3.05, 3.63) is 35.9 Å². The molecule has 0 fully saturated rings. The number of ether oxygens (including phenoxy) is 3. The molecule has 0 amide bonds. The van der Waals surface area contributed by atoms with Gasteiger partial charge in [0.25, 0.3) is 0 Å². The van der Waals surface area contributed by atoms with Crippen LogP contribution in [0.25, 0.3) is 0 Å². The van der Waals surface area contributed by atoms with Crippen LogP contribution >= 0.6 is 0 Å². The van der Waals surface area contributed by atoms with Crippen molar-refractivity contribution >= 4 is 11.9 Å². The molecule has 0 heterocycles. The maximum Gasteiger partial charge on any atom is 0.306 e. The first-order chi connectivity index (χ1) is 12.7. The molecule has 0 aliphatic heterocycles. The molecule has 0 radical (unpaired) electrons. The topological polar surface area (TPSA) is 87.9 Å². The minimum absolute atomic E-state index is 0.158. The van der Waals surface area contributed by atoms with E-state index in [1.54, 1.807) is 0 Å². The zero-order valence-corrected chi connectivity index (χ0v) is 15.5. The van der Waals surface area contributed by atoms with Gasteiger partial charge in [0, 0.05) is 19.4 Å². The van der Waals surface area contributed by atoms with Crippen molar-refractivity contribution in [2.75, 3.05) is 26.4 Å². The lowest BCUT2D eigenvalue weighted by atomic mass is 10.1. The van der Waals surface area contributed by atoms with Gasteiger partial charge in [0.05, 0.1) is 13.2 Å². The van der Waals surface area contributed by atoms with Crippen molar-refractivity contribution in [1.29, 1.82) is 0 Å². The summed E-state index contributed by atoms with van der Waals surface area (Å²) in [6.45, 7) is 1.96. The molecule has 0 aliphatic rings. The number of unbranched alkanes of at least 4 members (excludes halogenated alkanes) is 4. The summed E-state index contributed by atoms with van der Waals surface area (Å²) in [5.74, 6) is -0.347. The first-order valence-corrected chi connectivity index (χ1v) is 9.35. The maximum absolute atomic E-state index is 11.7. The minimum Gasteiger partial charge on any atom is -0.463 e. The van der Waals surface area contributed by atoms with E-state index in [1.807, 2.05) is 30.3 Å². The van der Waals surface area contributed by atoms with E-state index in [0.29, 0.717) is 39.2 Å². The molecular weight excluding hydrogens is 334 g/mol. The van der Waals surface area contributed by atoms with Gasteiger partial charge in [-0.15, -0.1) is 0 Å². The Hall–Kier alpha value is -1.92. The molecule has 1 aromatic rings. The molecule has 0 aliphatic carbocycles. The van der Waals surface area contributed by atoms with Gasteiger partial charge in [-0.25, -0.2) is 0 Å². The molecule has 0 aromatic heterocycles. The lowest BCUT2D eigenvalue weighted by Crippen LogP contribution is -2.14. The smallest absolute Gasteiger partial charge is 0.306 e. The van der Waals surface area contributed by atoms with E-state index in [-0.39, 0.29) is 18.5 Å². The van der Waals surface area contributed by atoms with Crippen molar-refractivity contribution in [2.45, 2.75) is 51.6 Å². The van der Waals surface area contributed by atoms with E-state index in [2.05, 4.69) is 0 Å². The van der Waals surface area contributed by atoms with Crippen LogP contribution in [-0.4, -0.2) is 38.3 Å². The summed E-state index contributed by atoms with van der Waals surface area (Å²) in [5.41, 5.74) is 6.28. The summed E-state index contributed by atoms with van der Waals surface area (Å²) in [6, 6.07) is 9.66. The summed E-state index contributed by atoms with van der Waals surface area (Å²) in [7, 11) is 0. The van der Waals surface area contributed by atoms with Crippen LogP contribution in [0.1, 0.15) is 50.5 Å². The lowest BCUT2D eigenvalue weighted by Gasteiger charge is -2.06. The minimum atomic E-state index is -0.189. The van der Waals surface area contributed by atoms with E-state index in [4.69, 9.17) is 19.9 Å². The fraction of sp³-hybridized carbons (Fsp3) is 0.600. The molecule has 1 rings (SSSR count). The number of carbonyl (C=O) groups is 2. The van der Waals surface area contributed by atoms with Crippen molar-refractivity contribution in [1.82, 2.24) is 0 Å².